The summed E-state index contributed by atoms with van der Waals surface area (Å²) in [6.07, 6.45) is -5.40. The summed E-state index contributed by atoms with van der Waals surface area (Å²) in [5.74, 6) is -1.31. The molecule has 1 aliphatic heterocycles. The van der Waals surface area contributed by atoms with Crippen LogP contribution >= 0.6 is 15.9 Å². The monoisotopic (exact) mass is 452 g/mol. The van der Waals surface area contributed by atoms with Gasteiger partial charge in [-0.2, -0.15) is 13.2 Å². The van der Waals surface area contributed by atoms with Gasteiger partial charge in [0, 0.05) is 29.8 Å². The number of anilines is 1. The van der Waals surface area contributed by atoms with E-state index < -0.39 is 35.4 Å². The molecule has 0 radical (unpaired) electrons. The Hall–Kier alpha value is -1.97. The molecule has 1 amide bonds. The Morgan fingerprint density at radius 3 is 2.37 bits per heavy atom. The van der Waals surface area contributed by atoms with Gasteiger partial charge >= 0.3 is 18.2 Å². The van der Waals surface area contributed by atoms with Crippen LogP contribution in [0.4, 0.5) is 23.7 Å². The van der Waals surface area contributed by atoms with Gasteiger partial charge in [-0.3, -0.25) is 4.90 Å². The number of nitrogens with zero attached hydrogens (tertiary/aromatic N) is 2. The van der Waals surface area contributed by atoms with Gasteiger partial charge in [0.15, 0.2) is 0 Å². The highest BCUT2D eigenvalue weighted by molar-refractivity contribution is 9.10. The molecule has 1 unspecified atom stereocenters. The number of alkyl halides is 3. The number of carbonyl (C=O) groups excluding carboxylic acids is 1. The SMILES string of the molecule is CC(C)(C)OC(=O)N1CCN(c2ccc(Br)cc2C(F)(F)F)CC1C(=O)O. The first-order valence-electron chi connectivity index (χ1n) is 8.14. The minimum absolute atomic E-state index is 0.0493. The Morgan fingerprint density at radius 2 is 1.85 bits per heavy atom. The number of benzene rings is 1. The third-order valence-electron chi connectivity index (χ3n) is 3.90. The van der Waals surface area contributed by atoms with E-state index in [9.17, 15) is 27.9 Å². The Balaban J connectivity index is 2.30. The second kappa shape index (κ2) is 7.57. The van der Waals surface area contributed by atoms with Gasteiger partial charge in [0.05, 0.1) is 5.56 Å². The van der Waals surface area contributed by atoms with Gasteiger partial charge in [-0.1, -0.05) is 15.9 Å². The van der Waals surface area contributed by atoms with Crippen molar-refractivity contribution in [2.24, 2.45) is 0 Å². The van der Waals surface area contributed by atoms with Crippen LogP contribution in [0.15, 0.2) is 22.7 Å². The molecule has 1 atom stereocenters. The molecule has 0 bridgehead atoms. The van der Waals surface area contributed by atoms with Crippen molar-refractivity contribution in [2.45, 2.75) is 38.6 Å². The first-order chi connectivity index (χ1) is 12.3. The number of hydrogen-bond donors (Lipinski definition) is 1. The van der Waals surface area contributed by atoms with Crippen molar-refractivity contribution in [3.05, 3.63) is 28.2 Å². The zero-order valence-corrected chi connectivity index (χ0v) is 16.6. The summed E-state index contributed by atoms with van der Waals surface area (Å²) >= 11 is 3.02. The van der Waals surface area contributed by atoms with E-state index >= 15 is 0 Å². The maximum atomic E-state index is 13.4. The van der Waals surface area contributed by atoms with E-state index in [0.29, 0.717) is 0 Å². The second-order valence-electron chi connectivity index (χ2n) is 7.13. The second-order valence-corrected chi connectivity index (χ2v) is 8.05. The van der Waals surface area contributed by atoms with Crippen LogP contribution in [0.2, 0.25) is 0 Å². The highest BCUT2D eigenvalue weighted by Crippen LogP contribution is 2.39. The number of ether oxygens (including phenoxy) is 1. The minimum Gasteiger partial charge on any atom is -0.480 e. The lowest BCUT2D eigenvalue weighted by Crippen LogP contribution is -2.59. The van der Waals surface area contributed by atoms with E-state index in [-0.39, 0.29) is 29.8 Å². The number of piperazine rings is 1. The molecule has 150 valence electrons. The molecule has 2 rings (SSSR count). The van der Waals surface area contributed by atoms with Gasteiger partial charge in [-0.05, 0) is 39.0 Å². The van der Waals surface area contributed by atoms with Crippen LogP contribution < -0.4 is 4.90 Å². The zero-order valence-electron chi connectivity index (χ0n) is 15.0. The lowest BCUT2D eigenvalue weighted by Gasteiger charge is -2.41. The normalized spacial score (nSPS) is 18.4. The van der Waals surface area contributed by atoms with Gasteiger partial charge in [-0.25, -0.2) is 9.59 Å². The Morgan fingerprint density at radius 1 is 1.22 bits per heavy atom. The van der Waals surface area contributed by atoms with Gasteiger partial charge < -0.3 is 14.7 Å². The number of rotatable bonds is 2. The standard InChI is InChI=1S/C17H20BrF3N2O4/c1-16(2,3)27-15(26)23-7-6-22(9-13(23)14(24)25)12-5-4-10(18)8-11(12)17(19,20)21/h4-5,8,13H,6-7,9H2,1-3H3,(H,24,25). The number of aliphatic carboxylic acids is 1. The summed E-state index contributed by atoms with van der Waals surface area (Å²) < 4.78 is 45.6. The van der Waals surface area contributed by atoms with Crippen LogP contribution in [0.25, 0.3) is 0 Å². The summed E-state index contributed by atoms with van der Waals surface area (Å²) in [7, 11) is 0. The molecule has 1 heterocycles. The van der Waals surface area contributed by atoms with Crippen molar-refractivity contribution >= 4 is 33.7 Å². The highest BCUT2D eigenvalue weighted by Gasteiger charge is 2.41. The van der Waals surface area contributed by atoms with E-state index in [4.69, 9.17) is 4.74 Å². The Labute approximate surface area is 163 Å². The van der Waals surface area contributed by atoms with Gasteiger partial charge in [0.2, 0.25) is 0 Å². The lowest BCUT2D eigenvalue weighted by atomic mass is 10.1. The average molecular weight is 453 g/mol. The molecule has 0 spiro atoms. The maximum absolute atomic E-state index is 13.4. The van der Waals surface area contributed by atoms with Gasteiger partial charge in [0.25, 0.3) is 0 Å². The molecule has 0 saturated carbocycles. The van der Waals surface area contributed by atoms with E-state index in [1.807, 2.05) is 0 Å². The molecule has 10 heteroatoms. The first-order valence-corrected chi connectivity index (χ1v) is 8.93. The molecule has 1 fully saturated rings. The van der Waals surface area contributed by atoms with E-state index in [2.05, 4.69) is 15.9 Å². The lowest BCUT2D eigenvalue weighted by molar-refractivity contribution is -0.143. The molecule has 1 saturated heterocycles. The zero-order chi connectivity index (χ0) is 20.6. The smallest absolute Gasteiger partial charge is 0.418 e. The number of hydrogen-bond acceptors (Lipinski definition) is 4. The highest BCUT2D eigenvalue weighted by atomic mass is 79.9. The molecule has 1 aliphatic rings. The van der Waals surface area contributed by atoms with E-state index in [0.717, 1.165) is 11.0 Å². The quantitative estimate of drug-likeness (QED) is 0.734. The summed E-state index contributed by atoms with van der Waals surface area (Å²) in [6.45, 7) is 4.64. The van der Waals surface area contributed by atoms with Gasteiger partial charge in [0.1, 0.15) is 11.6 Å². The van der Waals surface area contributed by atoms with Crippen LogP contribution in [0.5, 0.6) is 0 Å². The van der Waals surface area contributed by atoms with Crippen LogP contribution in [0.3, 0.4) is 0 Å². The number of amides is 1. The molecule has 1 aromatic rings. The van der Waals surface area contributed by atoms with E-state index in [1.165, 1.54) is 17.0 Å². The molecule has 0 aliphatic carbocycles. The van der Waals surface area contributed by atoms with Crippen LogP contribution in [0.1, 0.15) is 26.3 Å². The first kappa shape index (κ1) is 21.3. The fourth-order valence-corrected chi connectivity index (χ4v) is 3.12. The Bertz CT molecular complexity index is 734. The molecule has 0 aromatic heterocycles. The van der Waals surface area contributed by atoms with Crippen molar-refractivity contribution in [3.8, 4) is 0 Å². The number of carboxylic acid groups (broad SMARTS) is 1. The molecule has 6 nitrogen and oxygen atoms in total. The minimum atomic E-state index is -4.60. The predicted octanol–water partition coefficient (Wildman–Crippen LogP) is 3.98. The van der Waals surface area contributed by atoms with Crippen molar-refractivity contribution in [1.82, 2.24) is 4.90 Å². The van der Waals surface area contributed by atoms with E-state index in [1.54, 1.807) is 20.8 Å². The number of carboxylic acids is 1. The third-order valence-corrected chi connectivity index (χ3v) is 4.39. The van der Waals surface area contributed by atoms with Gasteiger partial charge in [-0.15, -0.1) is 0 Å². The fraction of sp³-hybridized carbons (Fsp3) is 0.529. The largest absolute Gasteiger partial charge is 0.480 e. The van der Waals surface area contributed by atoms with Crippen LogP contribution in [0, 0.1) is 0 Å². The number of carbonyl (C=O) groups is 2. The summed E-state index contributed by atoms with van der Waals surface area (Å²) in [4.78, 5) is 26.3. The molecular weight excluding hydrogens is 433 g/mol. The molecule has 1 N–H and O–H groups in total. The maximum Gasteiger partial charge on any atom is 0.418 e. The predicted molar refractivity (Wildman–Crippen MR) is 95.7 cm³/mol. The molecule has 27 heavy (non-hydrogen) atoms. The summed E-state index contributed by atoms with van der Waals surface area (Å²) in [5.41, 5.74) is -1.81. The van der Waals surface area contributed by atoms with Crippen molar-refractivity contribution < 1.29 is 32.6 Å². The average Bonchev–Trinajstić information content (AvgIpc) is 2.51. The Kier molecular flexibility index (Phi) is 5.98. The molecule has 1 aromatic carbocycles. The van der Waals surface area contributed by atoms with Crippen LogP contribution in [-0.2, 0) is 15.7 Å². The third kappa shape index (κ3) is 5.27. The van der Waals surface area contributed by atoms with Crippen LogP contribution in [-0.4, -0.2) is 53.3 Å². The summed E-state index contributed by atoms with van der Waals surface area (Å²) in [5, 5.41) is 9.49. The fourth-order valence-electron chi connectivity index (χ4n) is 2.76. The topological polar surface area (TPSA) is 70.1 Å². The number of halogens is 4. The van der Waals surface area contributed by atoms with Crippen molar-refractivity contribution in [3.63, 3.8) is 0 Å². The van der Waals surface area contributed by atoms with Crippen molar-refractivity contribution in [1.29, 1.82) is 0 Å². The summed E-state index contributed by atoms with van der Waals surface area (Å²) in [6, 6.07) is 2.37. The van der Waals surface area contributed by atoms with Crippen molar-refractivity contribution in [2.75, 3.05) is 24.5 Å². The molecular formula is C17H20BrF3N2O4.